The van der Waals surface area contributed by atoms with Gasteiger partial charge < -0.3 is 20.3 Å². The summed E-state index contributed by atoms with van der Waals surface area (Å²) in [6.07, 6.45) is 0.870. The molecule has 5 amide bonds. The van der Waals surface area contributed by atoms with Crippen molar-refractivity contribution in [2.75, 3.05) is 13.1 Å². The molecule has 2 heterocycles. The quantitative estimate of drug-likeness (QED) is 0.539. The van der Waals surface area contributed by atoms with Crippen LogP contribution in [0.3, 0.4) is 0 Å². The van der Waals surface area contributed by atoms with Crippen LogP contribution in [0.1, 0.15) is 30.9 Å². The summed E-state index contributed by atoms with van der Waals surface area (Å²) in [5.74, 6) is -1.25. The average molecular weight is 479 g/mol. The summed E-state index contributed by atoms with van der Waals surface area (Å²) >= 11 is 0. The van der Waals surface area contributed by atoms with Gasteiger partial charge in [-0.25, -0.2) is 9.59 Å². The number of amides is 5. The molecule has 9 heteroatoms. The van der Waals surface area contributed by atoms with Gasteiger partial charge in [0.1, 0.15) is 12.6 Å². The Morgan fingerprint density at radius 1 is 1.09 bits per heavy atom. The lowest BCUT2D eigenvalue weighted by molar-refractivity contribution is -0.132. The second kappa shape index (κ2) is 10.6. The molecule has 0 radical (unpaired) electrons. The van der Waals surface area contributed by atoms with Crippen molar-refractivity contribution in [3.8, 4) is 0 Å². The molecule has 3 atom stereocenters. The zero-order valence-electron chi connectivity index (χ0n) is 19.7. The van der Waals surface area contributed by atoms with Crippen molar-refractivity contribution >= 4 is 23.9 Å². The van der Waals surface area contributed by atoms with Gasteiger partial charge in [0.05, 0.1) is 11.5 Å². The van der Waals surface area contributed by atoms with E-state index in [2.05, 4.69) is 16.0 Å². The van der Waals surface area contributed by atoms with Crippen LogP contribution in [0.5, 0.6) is 0 Å². The van der Waals surface area contributed by atoms with Crippen LogP contribution in [-0.4, -0.2) is 53.5 Å². The third-order valence-corrected chi connectivity index (χ3v) is 6.55. The molecule has 0 spiro atoms. The number of hydrogen-bond acceptors (Lipinski definition) is 5. The van der Waals surface area contributed by atoms with Crippen molar-refractivity contribution in [3.05, 3.63) is 71.8 Å². The molecule has 0 aromatic heterocycles. The number of nitrogens with zero attached hydrogens (tertiary/aromatic N) is 1. The average Bonchev–Trinajstić information content (AvgIpc) is 3.23. The van der Waals surface area contributed by atoms with E-state index in [1.54, 1.807) is 4.90 Å². The molecule has 0 saturated carbocycles. The molecule has 35 heavy (non-hydrogen) atoms. The number of hydrogen-bond donors (Lipinski definition) is 3. The highest BCUT2D eigenvalue weighted by molar-refractivity contribution is 6.00. The van der Waals surface area contributed by atoms with E-state index in [1.807, 2.05) is 67.6 Å². The summed E-state index contributed by atoms with van der Waals surface area (Å²) in [6, 6.07) is 17.2. The van der Waals surface area contributed by atoms with Crippen molar-refractivity contribution in [2.45, 2.75) is 44.4 Å². The summed E-state index contributed by atoms with van der Waals surface area (Å²) in [6.45, 7) is 2.42. The van der Waals surface area contributed by atoms with Crippen molar-refractivity contribution in [3.63, 3.8) is 0 Å². The molecule has 2 aromatic carbocycles. The summed E-state index contributed by atoms with van der Waals surface area (Å²) < 4.78 is 5.35. The molecule has 2 unspecified atom stereocenters. The SMILES string of the molecule is CCCC12CN(C(=O)[C@@H](Cc3ccccc3)NC(=O)OCc3ccccc3)CC1C(=O)NC(=O)N2. The maximum Gasteiger partial charge on any atom is 0.408 e. The van der Waals surface area contributed by atoms with Crippen LogP contribution in [0, 0.1) is 5.92 Å². The summed E-state index contributed by atoms with van der Waals surface area (Å²) in [7, 11) is 0. The smallest absolute Gasteiger partial charge is 0.408 e. The maximum absolute atomic E-state index is 13.6. The number of ether oxygens (including phenoxy) is 1. The molecule has 2 aliphatic heterocycles. The van der Waals surface area contributed by atoms with E-state index in [4.69, 9.17) is 4.74 Å². The van der Waals surface area contributed by atoms with E-state index >= 15 is 0 Å². The third-order valence-electron chi connectivity index (χ3n) is 6.55. The number of fused-ring (bicyclic) bond motifs is 1. The molecule has 2 aromatic rings. The molecular weight excluding hydrogens is 448 g/mol. The van der Waals surface area contributed by atoms with E-state index in [0.717, 1.165) is 17.5 Å². The first-order valence-corrected chi connectivity index (χ1v) is 11.8. The van der Waals surface area contributed by atoms with Crippen LogP contribution in [0.2, 0.25) is 0 Å². The number of urea groups is 1. The molecule has 2 saturated heterocycles. The van der Waals surface area contributed by atoms with E-state index in [0.29, 0.717) is 6.42 Å². The van der Waals surface area contributed by atoms with Crippen LogP contribution in [0.4, 0.5) is 9.59 Å². The van der Waals surface area contributed by atoms with Crippen molar-refractivity contribution < 1.29 is 23.9 Å². The molecule has 0 aliphatic carbocycles. The van der Waals surface area contributed by atoms with Crippen LogP contribution in [-0.2, 0) is 27.4 Å². The van der Waals surface area contributed by atoms with Crippen LogP contribution in [0.25, 0.3) is 0 Å². The van der Waals surface area contributed by atoms with Gasteiger partial charge in [0.2, 0.25) is 11.8 Å². The Balaban J connectivity index is 1.50. The third kappa shape index (κ3) is 5.62. The minimum atomic E-state index is -0.890. The number of rotatable bonds is 8. The monoisotopic (exact) mass is 478 g/mol. The number of carbonyl (C=O) groups excluding carboxylic acids is 4. The fourth-order valence-electron chi connectivity index (χ4n) is 4.93. The van der Waals surface area contributed by atoms with E-state index in [9.17, 15) is 19.2 Å². The Kier molecular flexibility index (Phi) is 7.33. The number of carbonyl (C=O) groups is 4. The molecule has 184 valence electrons. The number of imide groups is 1. The highest BCUT2D eigenvalue weighted by atomic mass is 16.5. The molecule has 2 aliphatic rings. The molecule has 2 fully saturated rings. The second-order valence-electron chi connectivity index (χ2n) is 9.07. The Morgan fingerprint density at radius 2 is 1.74 bits per heavy atom. The van der Waals surface area contributed by atoms with Crippen LogP contribution in [0.15, 0.2) is 60.7 Å². The Labute approximate surface area is 204 Å². The van der Waals surface area contributed by atoms with Crippen molar-refractivity contribution in [1.82, 2.24) is 20.9 Å². The molecular formula is C26H30N4O5. The zero-order valence-corrected chi connectivity index (χ0v) is 19.7. The van der Waals surface area contributed by atoms with Gasteiger partial charge >= 0.3 is 12.1 Å². The number of alkyl carbamates (subject to hydrolysis) is 1. The Morgan fingerprint density at radius 3 is 2.40 bits per heavy atom. The number of nitrogens with one attached hydrogen (secondary N) is 3. The predicted molar refractivity (Wildman–Crippen MR) is 128 cm³/mol. The number of benzene rings is 2. The minimum absolute atomic E-state index is 0.0799. The van der Waals surface area contributed by atoms with Crippen LogP contribution >= 0.6 is 0 Å². The minimum Gasteiger partial charge on any atom is -0.445 e. The van der Waals surface area contributed by atoms with E-state index in [1.165, 1.54) is 0 Å². The lowest BCUT2D eigenvalue weighted by Crippen LogP contribution is -2.66. The van der Waals surface area contributed by atoms with E-state index in [-0.39, 0.29) is 37.9 Å². The highest BCUT2D eigenvalue weighted by Crippen LogP contribution is 2.34. The Bertz CT molecular complexity index is 1080. The van der Waals surface area contributed by atoms with Crippen molar-refractivity contribution in [1.29, 1.82) is 0 Å². The first-order chi connectivity index (χ1) is 16.9. The van der Waals surface area contributed by atoms with Crippen LogP contribution < -0.4 is 16.0 Å². The lowest BCUT2D eigenvalue weighted by Gasteiger charge is -2.38. The molecule has 4 rings (SSSR count). The first kappa shape index (κ1) is 24.3. The largest absolute Gasteiger partial charge is 0.445 e. The van der Waals surface area contributed by atoms with Gasteiger partial charge in [0.15, 0.2) is 0 Å². The standard InChI is InChI=1S/C26H30N4O5/c1-2-13-26-17-30(15-20(26)22(31)28-24(33)29-26)23(32)21(14-18-9-5-3-6-10-18)27-25(34)35-16-19-11-7-4-8-12-19/h3-12,20-21H,2,13-17H2,1H3,(H,27,34)(H2,28,29,31,33)/t20?,21-,26?/m1/s1. The summed E-state index contributed by atoms with van der Waals surface area (Å²) in [5.41, 5.74) is 0.898. The van der Waals surface area contributed by atoms with E-state index < -0.39 is 29.6 Å². The topological polar surface area (TPSA) is 117 Å². The van der Waals surface area contributed by atoms with Gasteiger partial charge in [-0.15, -0.1) is 0 Å². The highest BCUT2D eigenvalue weighted by Gasteiger charge is 2.55. The predicted octanol–water partition coefficient (Wildman–Crippen LogP) is 2.36. The molecule has 9 nitrogen and oxygen atoms in total. The van der Waals surface area contributed by atoms with Gasteiger partial charge in [-0.2, -0.15) is 0 Å². The number of likely N-dealkylation sites (tertiary alicyclic amines) is 1. The fraction of sp³-hybridized carbons (Fsp3) is 0.385. The van der Waals surface area contributed by atoms with Gasteiger partial charge in [0.25, 0.3) is 0 Å². The summed E-state index contributed by atoms with van der Waals surface area (Å²) in [5, 5.41) is 7.93. The maximum atomic E-state index is 13.6. The van der Waals surface area contributed by atoms with Gasteiger partial charge in [-0.05, 0) is 17.5 Å². The van der Waals surface area contributed by atoms with Gasteiger partial charge in [0, 0.05) is 19.5 Å². The van der Waals surface area contributed by atoms with Gasteiger partial charge in [-0.1, -0.05) is 74.0 Å². The zero-order chi connectivity index (χ0) is 24.8. The van der Waals surface area contributed by atoms with Gasteiger partial charge in [-0.3, -0.25) is 14.9 Å². The first-order valence-electron chi connectivity index (χ1n) is 11.8. The lowest BCUT2D eigenvalue weighted by atomic mass is 9.81. The molecule has 0 bridgehead atoms. The second-order valence-corrected chi connectivity index (χ2v) is 9.07. The summed E-state index contributed by atoms with van der Waals surface area (Å²) in [4.78, 5) is 52.5. The fourth-order valence-corrected chi connectivity index (χ4v) is 4.93. The molecule has 3 N–H and O–H groups in total. The Hall–Kier alpha value is -3.88. The van der Waals surface area contributed by atoms with Crippen molar-refractivity contribution in [2.24, 2.45) is 5.92 Å². The normalized spacial score (nSPS) is 22.0.